The minimum Gasteiger partial charge on any atom is -0.468 e. The average molecular weight is 301 g/mol. The van der Waals surface area contributed by atoms with Crippen LogP contribution in [0.2, 0.25) is 6.82 Å². The second-order valence-corrected chi connectivity index (χ2v) is 5.12. The van der Waals surface area contributed by atoms with Crippen molar-refractivity contribution in [3.05, 3.63) is 54.1 Å². The Labute approximate surface area is 130 Å². The van der Waals surface area contributed by atoms with Crippen LogP contribution in [0.3, 0.4) is 0 Å². The summed E-state index contributed by atoms with van der Waals surface area (Å²) in [5.41, 5.74) is 2.05. The SMILES string of the molecule is COC(=O)[C@@H](Cc1cncn1Cc1ccccc1)NB(C)O. The molecular weight excluding hydrogens is 281 g/mol. The van der Waals surface area contributed by atoms with E-state index in [1.165, 1.54) is 7.11 Å². The van der Waals surface area contributed by atoms with Gasteiger partial charge in [-0.3, -0.25) is 4.79 Å². The predicted octanol–water partition coefficient (Wildman–Crippen LogP) is 0.715. The van der Waals surface area contributed by atoms with E-state index in [9.17, 15) is 9.82 Å². The molecule has 2 aromatic rings. The Morgan fingerprint density at radius 2 is 2.18 bits per heavy atom. The number of esters is 1. The van der Waals surface area contributed by atoms with Crippen molar-refractivity contribution in [2.45, 2.75) is 25.8 Å². The van der Waals surface area contributed by atoms with Crippen molar-refractivity contribution in [2.24, 2.45) is 0 Å². The summed E-state index contributed by atoms with van der Waals surface area (Å²) in [5, 5.41) is 12.3. The van der Waals surface area contributed by atoms with Crippen LogP contribution in [0.15, 0.2) is 42.9 Å². The first-order chi connectivity index (χ1) is 10.6. The normalized spacial score (nSPS) is 12.0. The number of hydrogen-bond donors (Lipinski definition) is 2. The second kappa shape index (κ2) is 7.77. The summed E-state index contributed by atoms with van der Waals surface area (Å²) < 4.78 is 6.76. The fraction of sp³-hybridized carbons (Fsp3) is 0.333. The van der Waals surface area contributed by atoms with Crippen molar-refractivity contribution < 1.29 is 14.6 Å². The fourth-order valence-electron chi connectivity index (χ4n) is 2.29. The molecule has 6 nitrogen and oxygen atoms in total. The van der Waals surface area contributed by atoms with E-state index >= 15 is 0 Å². The van der Waals surface area contributed by atoms with Crippen LogP contribution in [0.5, 0.6) is 0 Å². The highest BCUT2D eigenvalue weighted by molar-refractivity contribution is 6.46. The number of nitrogens with one attached hydrogen (secondary N) is 1. The van der Waals surface area contributed by atoms with Gasteiger partial charge in [0.2, 0.25) is 0 Å². The molecule has 0 bridgehead atoms. The summed E-state index contributed by atoms with van der Waals surface area (Å²) in [4.78, 5) is 16.0. The molecule has 2 rings (SSSR count). The zero-order valence-corrected chi connectivity index (χ0v) is 12.8. The summed E-state index contributed by atoms with van der Waals surface area (Å²) in [6.45, 7) is 2.25. The van der Waals surface area contributed by atoms with E-state index in [0.717, 1.165) is 11.3 Å². The first-order valence-corrected chi connectivity index (χ1v) is 7.15. The van der Waals surface area contributed by atoms with Crippen LogP contribution >= 0.6 is 0 Å². The van der Waals surface area contributed by atoms with Crippen molar-refractivity contribution in [2.75, 3.05) is 7.11 Å². The number of methoxy groups -OCH3 is 1. The lowest BCUT2D eigenvalue weighted by Gasteiger charge is -2.18. The van der Waals surface area contributed by atoms with E-state index < -0.39 is 19.1 Å². The van der Waals surface area contributed by atoms with Crippen LogP contribution in [-0.4, -0.2) is 40.7 Å². The Morgan fingerprint density at radius 1 is 1.45 bits per heavy atom. The lowest BCUT2D eigenvalue weighted by molar-refractivity contribution is -0.142. The standard InChI is InChI=1S/C15H20BN3O3/c1-16(21)18-14(15(20)22-2)8-13-9-17-11-19(13)10-12-6-4-3-5-7-12/h3-7,9,11,14,18,21H,8,10H2,1-2H3/t14-/m1/s1. The van der Waals surface area contributed by atoms with E-state index in [0.29, 0.717) is 13.0 Å². The Hall–Kier alpha value is -2.12. The Morgan fingerprint density at radius 3 is 2.82 bits per heavy atom. The maximum atomic E-state index is 11.8. The molecule has 0 fully saturated rings. The molecule has 1 aromatic carbocycles. The number of aromatic nitrogens is 2. The van der Waals surface area contributed by atoms with Crippen molar-refractivity contribution in [1.82, 2.24) is 14.8 Å². The van der Waals surface area contributed by atoms with Crippen molar-refractivity contribution in [3.8, 4) is 0 Å². The molecule has 0 aliphatic heterocycles. The van der Waals surface area contributed by atoms with E-state index in [1.807, 2.05) is 34.9 Å². The minimum absolute atomic E-state index is 0.393. The molecule has 0 spiro atoms. The molecule has 0 unspecified atom stereocenters. The van der Waals surface area contributed by atoms with E-state index in [-0.39, 0.29) is 0 Å². The summed E-state index contributed by atoms with van der Waals surface area (Å²) >= 11 is 0. The number of nitrogens with zero attached hydrogens (tertiary/aromatic N) is 2. The van der Waals surface area contributed by atoms with E-state index in [4.69, 9.17) is 4.74 Å². The second-order valence-electron chi connectivity index (χ2n) is 5.12. The van der Waals surface area contributed by atoms with Crippen LogP contribution in [0, 0.1) is 0 Å². The third kappa shape index (κ3) is 4.44. The molecule has 22 heavy (non-hydrogen) atoms. The zero-order valence-electron chi connectivity index (χ0n) is 12.8. The number of carbonyl (C=O) groups excluding carboxylic acids is 1. The highest BCUT2D eigenvalue weighted by Crippen LogP contribution is 2.09. The molecule has 0 radical (unpaired) electrons. The molecule has 1 aromatic heterocycles. The first kappa shape index (κ1) is 16.3. The Kier molecular flexibility index (Phi) is 5.74. The van der Waals surface area contributed by atoms with Gasteiger partial charge in [0.25, 0.3) is 0 Å². The number of benzene rings is 1. The summed E-state index contributed by atoms with van der Waals surface area (Å²) in [6, 6.07) is 9.40. The minimum atomic E-state index is -0.797. The molecule has 0 saturated carbocycles. The fourth-order valence-corrected chi connectivity index (χ4v) is 2.29. The molecular formula is C15H20BN3O3. The molecule has 1 heterocycles. The van der Waals surface area contributed by atoms with Gasteiger partial charge in [-0.1, -0.05) is 30.3 Å². The highest BCUT2D eigenvalue weighted by atomic mass is 16.5. The molecule has 0 aliphatic rings. The van der Waals surface area contributed by atoms with Crippen molar-refractivity contribution >= 4 is 13.0 Å². The molecule has 1 atom stereocenters. The number of hydrogen-bond acceptors (Lipinski definition) is 5. The number of ether oxygens (including phenoxy) is 1. The highest BCUT2D eigenvalue weighted by Gasteiger charge is 2.23. The number of imidazole rings is 1. The van der Waals surface area contributed by atoms with Gasteiger partial charge in [-0.05, 0) is 12.4 Å². The molecule has 0 aliphatic carbocycles. The van der Waals surface area contributed by atoms with Gasteiger partial charge in [-0.25, -0.2) is 4.98 Å². The van der Waals surface area contributed by atoms with Crippen molar-refractivity contribution in [1.29, 1.82) is 0 Å². The number of carbonyl (C=O) groups is 1. The van der Waals surface area contributed by atoms with Crippen LogP contribution in [0.4, 0.5) is 0 Å². The Balaban J connectivity index is 2.11. The predicted molar refractivity (Wildman–Crippen MR) is 84.3 cm³/mol. The molecule has 2 N–H and O–H groups in total. The zero-order chi connectivity index (χ0) is 15.9. The molecule has 0 saturated heterocycles. The Bertz CT molecular complexity index is 601. The topological polar surface area (TPSA) is 76.4 Å². The van der Waals surface area contributed by atoms with Gasteiger partial charge in [0.15, 0.2) is 0 Å². The first-order valence-electron chi connectivity index (χ1n) is 7.15. The maximum Gasteiger partial charge on any atom is 0.374 e. The molecule has 116 valence electrons. The third-order valence-corrected chi connectivity index (χ3v) is 3.34. The molecule has 7 heteroatoms. The summed E-state index contributed by atoms with van der Waals surface area (Å²) in [5.74, 6) is -0.409. The number of rotatable bonds is 7. The van der Waals surface area contributed by atoms with Gasteiger partial charge in [0.1, 0.15) is 6.04 Å². The van der Waals surface area contributed by atoms with Crippen LogP contribution < -0.4 is 5.23 Å². The smallest absolute Gasteiger partial charge is 0.374 e. The molecule has 0 amide bonds. The van der Waals surface area contributed by atoms with Gasteiger partial charge in [0.05, 0.1) is 13.4 Å². The van der Waals surface area contributed by atoms with Crippen molar-refractivity contribution in [3.63, 3.8) is 0 Å². The van der Waals surface area contributed by atoms with Crippen LogP contribution in [-0.2, 0) is 22.5 Å². The maximum absolute atomic E-state index is 11.8. The van der Waals surface area contributed by atoms with E-state index in [2.05, 4.69) is 10.2 Å². The average Bonchev–Trinajstić information content (AvgIpc) is 2.93. The lowest BCUT2D eigenvalue weighted by Crippen LogP contribution is -2.47. The van der Waals surface area contributed by atoms with Gasteiger partial charge < -0.3 is 19.6 Å². The van der Waals surface area contributed by atoms with E-state index in [1.54, 1.807) is 19.3 Å². The summed E-state index contributed by atoms with van der Waals surface area (Å²) in [7, 11) is 0.537. The van der Waals surface area contributed by atoms with Crippen LogP contribution in [0.25, 0.3) is 0 Å². The third-order valence-electron chi connectivity index (χ3n) is 3.34. The van der Waals surface area contributed by atoms with Gasteiger partial charge >= 0.3 is 13.0 Å². The van der Waals surface area contributed by atoms with Gasteiger partial charge in [-0.15, -0.1) is 0 Å². The van der Waals surface area contributed by atoms with Gasteiger partial charge in [-0.2, -0.15) is 0 Å². The monoisotopic (exact) mass is 301 g/mol. The van der Waals surface area contributed by atoms with Gasteiger partial charge in [0, 0.05) is 24.9 Å². The largest absolute Gasteiger partial charge is 0.468 e. The summed E-state index contributed by atoms with van der Waals surface area (Å²) in [6.07, 6.45) is 3.85. The van der Waals surface area contributed by atoms with Crippen LogP contribution in [0.1, 0.15) is 11.3 Å². The lowest BCUT2D eigenvalue weighted by atomic mass is 9.86. The quantitative estimate of drug-likeness (QED) is 0.582.